The van der Waals surface area contributed by atoms with Crippen molar-refractivity contribution < 1.29 is 14.4 Å². The maximum Gasteiger partial charge on any atom is 0.255 e. The molecule has 158 valence electrons. The van der Waals surface area contributed by atoms with Crippen molar-refractivity contribution in [1.82, 2.24) is 14.3 Å². The molecule has 0 saturated carbocycles. The van der Waals surface area contributed by atoms with Gasteiger partial charge in [0.15, 0.2) is 0 Å². The quantitative estimate of drug-likeness (QED) is 0.493. The largest absolute Gasteiger partial charge is 0.322 e. The van der Waals surface area contributed by atoms with Gasteiger partial charge in [-0.3, -0.25) is 19.3 Å². The van der Waals surface area contributed by atoms with E-state index in [2.05, 4.69) is 10.3 Å². The third-order valence-corrected chi connectivity index (χ3v) is 5.51. The fourth-order valence-electron chi connectivity index (χ4n) is 3.74. The lowest BCUT2D eigenvalue weighted by atomic mass is 10.1. The maximum atomic E-state index is 12.6. The molecule has 0 aliphatic carbocycles. The Labute approximate surface area is 184 Å². The second kappa shape index (κ2) is 8.11. The number of fused-ring (bicyclic) bond motifs is 1. The number of nitrogens with zero attached hydrogens (tertiary/aromatic N) is 3. The smallest absolute Gasteiger partial charge is 0.255 e. The highest BCUT2D eigenvalue weighted by Crippen LogP contribution is 2.22. The number of carbonyl (C=O) groups excluding carboxylic acids is 3. The number of amides is 3. The summed E-state index contributed by atoms with van der Waals surface area (Å²) >= 11 is 0. The molecule has 32 heavy (non-hydrogen) atoms. The van der Waals surface area contributed by atoms with Crippen molar-refractivity contribution in [3.8, 4) is 11.3 Å². The van der Waals surface area contributed by atoms with E-state index >= 15 is 0 Å². The maximum absolute atomic E-state index is 12.6. The van der Waals surface area contributed by atoms with Gasteiger partial charge in [-0.1, -0.05) is 30.3 Å². The van der Waals surface area contributed by atoms with Crippen LogP contribution in [0.4, 0.5) is 5.69 Å². The van der Waals surface area contributed by atoms with Crippen molar-refractivity contribution in [2.24, 2.45) is 0 Å². The Morgan fingerprint density at radius 2 is 1.62 bits per heavy atom. The van der Waals surface area contributed by atoms with Crippen molar-refractivity contribution in [3.05, 3.63) is 90.3 Å². The summed E-state index contributed by atoms with van der Waals surface area (Å²) in [5.74, 6) is -0.529. The Morgan fingerprint density at radius 1 is 0.906 bits per heavy atom. The van der Waals surface area contributed by atoms with Crippen LogP contribution in [0.15, 0.2) is 79.1 Å². The highest BCUT2D eigenvalue weighted by atomic mass is 16.2. The first-order valence-electron chi connectivity index (χ1n) is 10.3. The number of nitrogens with one attached hydrogen (secondary N) is 1. The molecule has 0 spiro atoms. The Kier molecular flexibility index (Phi) is 4.99. The van der Waals surface area contributed by atoms with Crippen molar-refractivity contribution in [2.75, 3.05) is 5.32 Å². The lowest BCUT2D eigenvalue weighted by molar-refractivity contribution is -0.139. The zero-order valence-corrected chi connectivity index (χ0v) is 17.2. The summed E-state index contributed by atoms with van der Waals surface area (Å²) in [5.41, 5.74) is 4.68. The molecule has 5 rings (SSSR count). The number of aromatic nitrogens is 2. The van der Waals surface area contributed by atoms with Crippen LogP contribution in [0.2, 0.25) is 0 Å². The molecular formula is C25H20N4O3. The third-order valence-electron chi connectivity index (χ3n) is 5.51. The Hall–Kier alpha value is -4.26. The van der Waals surface area contributed by atoms with E-state index in [1.807, 2.05) is 59.3 Å². The van der Waals surface area contributed by atoms with Gasteiger partial charge in [0.25, 0.3) is 5.91 Å². The number of rotatable bonds is 5. The molecule has 0 radical (unpaired) electrons. The minimum atomic E-state index is -0.231. The number of benzene rings is 2. The number of imidazole rings is 1. The van der Waals surface area contributed by atoms with Crippen LogP contribution in [0.1, 0.15) is 28.8 Å². The summed E-state index contributed by atoms with van der Waals surface area (Å²) in [6, 6.07) is 20.3. The molecule has 0 bridgehead atoms. The molecule has 7 nitrogen and oxygen atoms in total. The van der Waals surface area contributed by atoms with Crippen LogP contribution < -0.4 is 5.32 Å². The summed E-state index contributed by atoms with van der Waals surface area (Å²) in [6.07, 6.45) is 4.46. The van der Waals surface area contributed by atoms with E-state index in [0.29, 0.717) is 11.3 Å². The zero-order valence-electron chi connectivity index (χ0n) is 17.2. The van der Waals surface area contributed by atoms with E-state index < -0.39 is 0 Å². The summed E-state index contributed by atoms with van der Waals surface area (Å²) in [6.45, 7) is 0.240. The molecule has 3 heterocycles. The van der Waals surface area contributed by atoms with Crippen LogP contribution in [0.3, 0.4) is 0 Å². The van der Waals surface area contributed by atoms with Gasteiger partial charge in [-0.15, -0.1) is 0 Å². The monoisotopic (exact) mass is 424 g/mol. The second-order valence-electron chi connectivity index (χ2n) is 7.69. The first kappa shape index (κ1) is 19.7. The van der Waals surface area contributed by atoms with E-state index in [1.165, 1.54) is 4.90 Å². The number of carbonyl (C=O) groups is 3. The molecule has 4 aromatic rings. The number of anilines is 1. The zero-order chi connectivity index (χ0) is 22.1. The van der Waals surface area contributed by atoms with Gasteiger partial charge in [0.1, 0.15) is 5.65 Å². The highest BCUT2D eigenvalue weighted by molar-refractivity contribution is 6.04. The Balaban J connectivity index is 1.24. The minimum Gasteiger partial charge on any atom is -0.322 e. The fourth-order valence-corrected chi connectivity index (χ4v) is 3.74. The summed E-state index contributed by atoms with van der Waals surface area (Å²) in [7, 11) is 0. The van der Waals surface area contributed by atoms with Crippen LogP contribution in [-0.2, 0) is 16.1 Å². The molecule has 2 aromatic carbocycles. The number of pyridine rings is 1. The van der Waals surface area contributed by atoms with Crippen molar-refractivity contribution in [1.29, 1.82) is 0 Å². The molecule has 1 N–H and O–H groups in total. The molecule has 1 saturated heterocycles. The molecule has 1 aliphatic rings. The van der Waals surface area contributed by atoms with Crippen LogP contribution in [-0.4, -0.2) is 32.0 Å². The van der Waals surface area contributed by atoms with Gasteiger partial charge in [-0.05, 0) is 42.0 Å². The van der Waals surface area contributed by atoms with E-state index in [1.54, 1.807) is 24.3 Å². The fraction of sp³-hybridized carbons (Fsp3) is 0.120. The summed E-state index contributed by atoms with van der Waals surface area (Å²) in [5, 5.41) is 2.89. The van der Waals surface area contributed by atoms with Crippen LogP contribution in [0, 0.1) is 0 Å². The first-order chi connectivity index (χ1) is 15.6. The average Bonchev–Trinajstić information content (AvgIpc) is 3.38. The number of imide groups is 1. The van der Waals surface area contributed by atoms with Crippen LogP contribution in [0.25, 0.3) is 16.9 Å². The van der Waals surface area contributed by atoms with Crippen molar-refractivity contribution >= 4 is 29.1 Å². The number of hydrogen-bond donors (Lipinski definition) is 1. The molecule has 7 heteroatoms. The number of likely N-dealkylation sites (tertiary alicyclic amines) is 1. The minimum absolute atomic E-state index is 0.149. The molecule has 2 aromatic heterocycles. The average molecular weight is 424 g/mol. The van der Waals surface area contributed by atoms with Gasteiger partial charge in [-0.25, -0.2) is 4.98 Å². The normalized spacial score (nSPS) is 13.7. The van der Waals surface area contributed by atoms with Gasteiger partial charge in [0.05, 0.1) is 12.2 Å². The van der Waals surface area contributed by atoms with Gasteiger partial charge in [0, 0.05) is 42.0 Å². The van der Waals surface area contributed by atoms with Crippen molar-refractivity contribution in [3.63, 3.8) is 0 Å². The molecule has 0 atom stereocenters. The van der Waals surface area contributed by atoms with Crippen molar-refractivity contribution in [2.45, 2.75) is 19.4 Å². The molecule has 3 amide bonds. The highest BCUT2D eigenvalue weighted by Gasteiger charge is 2.28. The van der Waals surface area contributed by atoms with E-state index in [0.717, 1.165) is 22.5 Å². The molecule has 1 aliphatic heterocycles. The van der Waals surface area contributed by atoms with Crippen LogP contribution >= 0.6 is 0 Å². The predicted octanol–water partition coefficient (Wildman–Crippen LogP) is 3.90. The standard InChI is InChI=1S/C25H20N4O3/c30-23-12-13-24(31)29(23)15-17-4-6-19(7-5-17)25(32)26-20-10-8-18(9-11-20)21-16-28-14-2-1-3-22(28)27-21/h1-11,14,16H,12-13,15H2,(H,26,32). The predicted molar refractivity (Wildman–Crippen MR) is 120 cm³/mol. The van der Waals surface area contributed by atoms with E-state index in [-0.39, 0.29) is 37.1 Å². The molecular weight excluding hydrogens is 404 g/mol. The van der Waals surface area contributed by atoms with Gasteiger partial charge < -0.3 is 9.72 Å². The topological polar surface area (TPSA) is 83.8 Å². The lowest BCUT2D eigenvalue weighted by Gasteiger charge is -2.14. The summed E-state index contributed by atoms with van der Waals surface area (Å²) < 4.78 is 1.96. The van der Waals surface area contributed by atoms with Gasteiger partial charge in [0.2, 0.25) is 11.8 Å². The first-order valence-corrected chi connectivity index (χ1v) is 10.3. The lowest BCUT2D eigenvalue weighted by Crippen LogP contribution is -2.28. The number of hydrogen-bond acceptors (Lipinski definition) is 4. The SMILES string of the molecule is O=C(Nc1ccc(-c2cn3ccccc3n2)cc1)c1ccc(CN2C(=O)CCC2=O)cc1. The van der Waals surface area contributed by atoms with E-state index in [4.69, 9.17) is 0 Å². The van der Waals surface area contributed by atoms with E-state index in [9.17, 15) is 14.4 Å². The van der Waals surface area contributed by atoms with Gasteiger partial charge >= 0.3 is 0 Å². The molecule has 1 fully saturated rings. The Bertz CT molecular complexity index is 1270. The second-order valence-corrected chi connectivity index (χ2v) is 7.69. The molecule has 0 unspecified atom stereocenters. The van der Waals surface area contributed by atoms with Crippen LogP contribution in [0.5, 0.6) is 0 Å². The van der Waals surface area contributed by atoms with Gasteiger partial charge in [-0.2, -0.15) is 0 Å². The summed E-state index contributed by atoms with van der Waals surface area (Å²) in [4.78, 5) is 42.0. The Morgan fingerprint density at radius 3 is 2.31 bits per heavy atom. The third kappa shape index (κ3) is 3.88.